The summed E-state index contributed by atoms with van der Waals surface area (Å²) >= 11 is 0. The van der Waals surface area contributed by atoms with Gasteiger partial charge in [-0.05, 0) is 47.9 Å². The van der Waals surface area contributed by atoms with Crippen LogP contribution in [0.4, 0.5) is 0 Å². The number of nitrogens with one attached hydrogen (secondary N) is 1. The van der Waals surface area contributed by atoms with E-state index in [-0.39, 0.29) is 11.5 Å². The Balaban J connectivity index is 1.56. The molecule has 0 saturated heterocycles. The first-order valence-electron chi connectivity index (χ1n) is 9.04. The Morgan fingerprint density at radius 2 is 2.00 bits per heavy atom. The molecule has 0 bridgehead atoms. The molecule has 7 nitrogen and oxygen atoms in total. The van der Waals surface area contributed by atoms with E-state index < -0.39 is 0 Å². The fourth-order valence-electron chi connectivity index (χ4n) is 4.07. The molecule has 1 unspecified atom stereocenters. The molecule has 1 saturated carbocycles. The molecule has 0 spiro atoms. The van der Waals surface area contributed by atoms with Gasteiger partial charge in [0.2, 0.25) is 6.79 Å². The fraction of sp³-hybridized carbons (Fsp3) is 0.611. The summed E-state index contributed by atoms with van der Waals surface area (Å²) in [4.78, 5) is 0. The number of nitrogens with zero attached hydrogens (tertiary/aromatic N) is 4. The lowest BCUT2D eigenvalue weighted by Gasteiger charge is -2.39. The van der Waals surface area contributed by atoms with Gasteiger partial charge in [-0.2, -0.15) is 0 Å². The van der Waals surface area contributed by atoms with Gasteiger partial charge in [-0.25, -0.2) is 4.68 Å². The van der Waals surface area contributed by atoms with Crippen LogP contribution in [0.1, 0.15) is 56.5 Å². The van der Waals surface area contributed by atoms with Crippen LogP contribution in [-0.2, 0) is 12.5 Å². The Kier molecular flexibility index (Phi) is 4.33. The average Bonchev–Trinajstić information content (AvgIpc) is 3.28. The van der Waals surface area contributed by atoms with E-state index in [9.17, 15) is 0 Å². The van der Waals surface area contributed by atoms with Gasteiger partial charge in [0, 0.05) is 19.0 Å². The number of rotatable bonds is 5. The zero-order valence-corrected chi connectivity index (χ0v) is 14.9. The van der Waals surface area contributed by atoms with E-state index in [2.05, 4.69) is 39.9 Å². The van der Waals surface area contributed by atoms with Crippen molar-refractivity contribution in [2.24, 2.45) is 7.05 Å². The molecule has 1 aliphatic carbocycles. The van der Waals surface area contributed by atoms with Crippen LogP contribution in [0, 0.1) is 0 Å². The lowest BCUT2D eigenvalue weighted by atomic mass is 9.69. The molecule has 4 rings (SSSR count). The van der Waals surface area contributed by atoms with Crippen LogP contribution in [-0.4, -0.2) is 33.5 Å². The number of benzene rings is 1. The van der Waals surface area contributed by atoms with Gasteiger partial charge in [0.05, 0.1) is 6.04 Å². The van der Waals surface area contributed by atoms with Gasteiger partial charge in [-0.3, -0.25) is 0 Å². The zero-order chi connectivity index (χ0) is 17.3. The summed E-state index contributed by atoms with van der Waals surface area (Å²) in [5.74, 6) is 2.57. The van der Waals surface area contributed by atoms with E-state index in [1.54, 1.807) is 4.68 Å². The van der Waals surface area contributed by atoms with E-state index in [0.29, 0.717) is 6.79 Å². The molecule has 1 N–H and O–H groups in total. The van der Waals surface area contributed by atoms with E-state index >= 15 is 0 Å². The molecule has 25 heavy (non-hydrogen) atoms. The summed E-state index contributed by atoms with van der Waals surface area (Å²) in [6.45, 7) is 3.34. The molecule has 1 aliphatic heterocycles. The summed E-state index contributed by atoms with van der Waals surface area (Å²) in [6.07, 6.45) is 6.20. The highest BCUT2D eigenvalue weighted by molar-refractivity contribution is 5.47. The summed E-state index contributed by atoms with van der Waals surface area (Å²) in [6, 6.07) is 6.52. The van der Waals surface area contributed by atoms with Crippen molar-refractivity contribution in [2.75, 3.05) is 13.3 Å². The van der Waals surface area contributed by atoms with E-state index in [1.807, 2.05) is 13.1 Å². The van der Waals surface area contributed by atoms with Crippen LogP contribution in [0.15, 0.2) is 18.2 Å². The maximum Gasteiger partial charge on any atom is 0.231 e. The van der Waals surface area contributed by atoms with Gasteiger partial charge in [-0.15, -0.1) is 5.10 Å². The van der Waals surface area contributed by atoms with Gasteiger partial charge < -0.3 is 14.8 Å². The minimum Gasteiger partial charge on any atom is -0.454 e. The fourth-order valence-corrected chi connectivity index (χ4v) is 4.07. The molecule has 1 aromatic carbocycles. The van der Waals surface area contributed by atoms with Crippen molar-refractivity contribution < 1.29 is 9.47 Å². The predicted octanol–water partition coefficient (Wildman–Crippen LogP) is 2.49. The Hall–Kier alpha value is -2.15. The second kappa shape index (κ2) is 6.63. The van der Waals surface area contributed by atoms with Gasteiger partial charge in [0.25, 0.3) is 0 Å². The summed E-state index contributed by atoms with van der Waals surface area (Å²) < 4.78 is 12.8. The Bertz CT molecular complexity index is 739. The monoisotopic (exact) mass is 343 g/mol. The highest BCUT2D eigenvalue weighted by atomic mass is 16.7. The largest absolute Gasteiger partial charge is 0.454 e. The van der Waals surface area contributed by atoms with Crippen molar-refractivity contribution >= 4 is 0 Å². The lowest BCUT2D eigenvalue weighted by Crippen LogP contribution is -2.41. The first kappa shape index (κ1) is 16.3. The second-order valence-electron chi connectivity index (χ2n) is 7.17. The molecular weight excluding hydrogens is 318 g/mol. The third-order valence-corrected chi connectivity index (χ3v) is 5.58. The summed E-state index contributed by atoms with van der Waals surface area (Å²) in [5.41, 5.74) is 1.46. The Morgan fingerprint density at radius 3 is 2.76 bits per heavy atom. The third-order valence-electron chi connectivity index (χ3n) is 5.58. The lowest BCUT2D eigenvalue weighted by molar-refractivity contribution is 0.173. The Morgan fingerprint density at radius 1 is 1.20 bits per heavy atom. The molecule has 7 heteroatoms. The number of hydrogen-bond acceptors (Lipinski definition) is 6. The SMILES string of the molecule is CC(NCC1(c2ccc3c(c2)OCO3)CCCCC1)c1nnnn1C. The van der Waals surface area contributed by atoms with E-state index in [4.69, 9.17) is 9.47 Å². The molecule has 2 heterocycles. The van der Waals surface area contributed by atoms with Crippen molar-refractivity contribution in [1.29, 1.82) is 0 Å². The van der Waals surface area contributed by atoms with Crippen LogP contribution in [0.3, 0.4) is 0 Å². The molecule has 134 valence electrons. The quantitative estimate of drug-likeness (QED) is 0.899. The van der Waals surface area contributed by atoms with Crippen LogP contribution >= 0.6 is 0 Å². The number of ether oxygens (including phenoxy) is 2. The zero-order valence-electron chi connectivity index (χ0n) is 14.9. The van der Waals surface area contributed by atoms with Gasteiger partial charge in [0.1, 0.15) is 0 Å². The molecule has 0 amide bonds. The molecular formula is C18H25N5O2. The average molecular weight is 343 g/mol. The third kappa shape index (κ3) is 3.08. The second-order valence-corrected chi connectivity index (χ2v) is 7.17. The maximum absolute atomic E-state index is 5.60. The minimum absolute atomic E-state index is 0.104. The first-order chi connectivity index (χ1) is 12.2. The molecule has 1 atom stereocenters. The van der Waals surface area contributed by atoms with Crippen LogP contribution in [0.5, 0.6) is 11.5 Å². The number of aromatic nitrogens is 4. The van der Waals surface area contributed by atoms with Crippen molar-refractivity contribution in [1.82, 2.24) is 25.5 Å². The molecule has 2 aromatic rings. The van der Waals surface area contributed by atoms with E-state index in [1.165, 1.54) is 37.7 Å². The van der Waals surface area contributed by atoms with Crippen molar-refractivity contribution in [3.63, 3.8) is 0 Å². The number of tetrazole rings is 1. The normalized spacial score (nSPS) is 19.8. The predicted molar refractivity (Wildman–Crippen MR) is 92.5 cm³/mol. The molecule has 2 aliphatic rings. The van der Waals surface area contributed by atoms with E-state index in [0.717, 1.165) is 23.9 Å². The molecule has 1 fully saturated rings. The summed E-state index contributed by atoms with van der Waals surface area (Å²) in [7, 11) is 1.88. The molecule has 0 radical (unpaired) electrons. The number of hydrogen-bond donors (Lipinski definition) is 1. The summed E-state index contributed by atoms with van der Waals surface area (Å²) in [5, 5.41) is 15.5. The molecule has 1 aromatic heterocycles. The van der Waals surface area contributed by atoms with Gasteiger partial charge in [0.15, 0.2) is 17.3 Å². The van der Waals surface area contributed by atoms with Crippen LogP contribution < -0.4 is 14.8 Å². The standard InChI is InChI=1S/C18H25N5O2/c1-13(17-20-21-22-23(17)2)19-11-18(8-4-3-5-9-18)14-6-7-15-16(10-14)25-12-24-15/h6-7,10,13,19H,3-5,8-9,11-12H2,1-2H3. The highest BCUT2D eigenvalue weighted by Crippen LogP contribution is 2.43. The topological polar surface area (TPSA) is 74.1 Å². The highest BCUT2D eigenvalue weighted by Gasteiger charge is 2.35. The number of aryl methyl sites for hydroxylation is 1. The van der Waals surface area contributed by atoms with Gasteiger partial charge in [-0.1, -0.05) is 25.3 Å². The first-order valence-corrected chi connectivity index (χ1v) is 9.04. The van der Waals surface area contributed by atoms with Gasteiger partial charge >= 0.3 is 0 Å². The smallest absolute Gasteiger partial charge is 0.231 e. The van der Waals surface area contributed by atoms with Crippen molar-refractivity contribution in [3.05, 3.63) is 29.6 Å². The Labute approximate surface area is 147 Å². The van der Waals surface area contributed by atoms with Crippen molar-refractivity contribution in [2.45, 2.75) is 50.5 Å². The maximum atomic E-state index is 5.60. The van der Waals surface area contributed by atoms with Crippen molar-refractivity contribution in [3.8, 4) is 11.5 Å². The minimum atomic E-state index is 0.104. The van der Waals surface area contributed by atoms with Crippen LogP contribution in [0.25, 0.3) is 0 Å². The number of fused-ring (bicyclic) bond motifs is 1. The van der Waals surface area contributed by atoms with Crippen LogP contribution in [0.2, 0.25) is 0 Å².